The SMILES string of the molecule is O=C(Nc1ccc(F)c(Cl)c1)[C@@H]1CCCN1C(=O)c1cccs1. The van der Waals surface area contributed by atoms with Gasteiger partial charge in [-0.15, -0.1) is 11.3 Å². The molecule has 2 heterocycles. The first kappa shape index (κ1) is 16.0. The summed E-state index contributed by atoms with van der Waals surface area (Å²) in [6.07, 6.45) is 1.39. The second kappa shape index (κ2) is 6.68. The number of rotatable bonds is 3. The Kier molecular flexibility index (Phi) is 4.63. The Labute approximate surface area is 141 Å². The van der Waals surface area contributed by atoms with Crippen molar-refractivity contribution in [2.75, 3.05) is 11.9 Å². The van der Waals surface area contributed by atoms with Crippen LogP contribution in [0.5, 0.6) is 0 Å². The maximum absolute atomic E-state index is 13.2. The molecule has 1 aromatic heterocycles. The molecule has 0 saturated carbocycles. The summed E-state index contributed by atoms with van der Waals surface area (Å²) in [5, 5.41) is 4.48. The van der Waals surface area contributed by atoms with Crippen LogP contribution < -0.4 is 5.32 Å². The molecule has 7 heteroatoms. The van der Waals surface area contributed by atoms with Crippen LogP contribution in [0, 0.1) is 5.82 Å². The van der Waals surface area contributed by atoms with Gasteiger partial charge in [0.15, 0.2) is 0 Å². The van der Waals surface area contributed by atoms with Crippen LogP contribution in [0.15, 0.2) is 35.7 Å². The van der Waals surface area contributed by atoms with Crippen LogP contribution in [0.3, 0.4) is 0 Å². The normalized spacial score (nSPS) is 17.3. The van der Waals surface area contributed by atoms with E-state index in [-0.39, 0.29) is 16.8 Å². The van der Waals surface area contributed by atoms with Crippen LogP contribution >= 0.6 is 22.9 Å². The molecule has 3 rings (SSSR count). The van der Waals surface area contributed by atoms with E-state index >= 15 is 0 Å². The van der Waals surface area contributed by atoms with Crippen molar-refractivity contribution >= 4 is 40.4 Å². The van der Waals surface area contributed by atoms with Gasteiger partial charge in [0.05, 0.1) is 9.90 Å². The molecule has 1 aliphatic rings. The molecule has 1 aromatic carbocycles. The van der Waals surface area contributed by atoms with E-state index in [0.717, 1.165) is 6.42 Å². The predicted octanol–water partition coefficient (Wildman–Crippen LogP) is 3.78. The van der Waals surface area contributed by atoms with Crippen molar-refractivity contribution < 1.29 is 14.0 Å². The molecule has 1 saturated heterocycles. The van der Waals surface area contributed by atoms with Crippen molar-refractivity contribution in [1.29, 1.82) is 0 Å². The van der Waals surface area contributed by atoms with Crippen molar-refractivity contribution in [1.82, 2.24) is 4.90 Å². The fraction of sp³-hybridized carbons (Fsp3) is 0.250. The zero-order valence-electron chi connectivity index (χ0n) is 12.1. The number of amides is 2. The second-order valence-corrected chi connectivity index (χ2v) is 6.61. The third-order valence-corrected chi connectivity index (χ3v) is 4.88. The molecule has 4 nitrogen and oxygen atoms in total. The summed E-state index contributed by atoms with van der Waals surface area (Å²) in [7, 11) is 0. The number of thiophene rings is 1. The number of carbonyl (C=O) groups excluding carboxylic acids is 2. The van der Waals surface area contributed by atoms with E-state index in [9.17, 15) is 14.0 Å². The van der Waals surface area contributed by atoms with Gasteiger partial charge >= 0.3 is 0 Å². The van der Waals surface area contributed by atoms with Crippen LogP contribution in [0.25, 0.3) is 0 Å². The maximum atomic E-state index is 13.2. The molecule has 2 aromatic rings. The fourth-order valence-electron chi connectivity index (χ4n) is 2.62. The minimum absolute atomic E-state index is 0.0549. The van der Waals surface area contributed by atoms with E-state index in [0.29, 0.717) is 23.5 Å². The van der Waals surface area contributed by atoms with E-state index in [4.69, 9.17) is 11.6 Å². The summed E-state index contributed by atoms with van der Waals surface area (Å²) in [5.41, 5.74) is 0.414. The monoisotopic (exact) mass is 352 g/mol. The summed E-state index contributed by atoms with van der Waals surface area (Å²) in [4.78, 5) is 27.1. The third-order valence-electron chi connectivity index (χ3n) is 3.74. The van der Waals surface area contributed by atoms with Crippen LogP contribution in [0.1, 0.15) is 22.5 Å². The lowest BCUT2D eigenvalue weighted by Crippen LogP contribution is -2.42. The number of nitrogens with one attached hydrogen (secondary N) is 1. The second-order valence-electron chi connectivity index (χ2n) is 5.25. The van der Waals surface area contributed by atoms with Gasteiger partial charge in [-0.05, 0) is 42.5 Å². The number of anilines is 1. The Morgan fingerprint density at radius 3 is 2.87 bits per heavy atom. The van der Waals surface area contributed by atoms with Gasteiger partial charge in [0.2, 0.25) is 5.91 Å². The third kappa shape index (κ3) is 3.38. The molecule has 120 valence electrons. The molecule has 0 aliphatic carbocycles. The van der Waals surface area contributed by atoms with Gasteiger partial charge in [0.25, 0.3) is 5.91 Å². The Morgan fingerprint density at radius 1 is 1.35 bits per heavy atom. The highest BCUT2D eigenvalue weighted by Crippen LogP contribution is 2.24. The van der Waals surface area contributed by atoms with Crippen LogP contribution in [-0.2, 0) is 4.79 Å². The van der Waals surface area contributed by atoms with E-state index in [1.54, 1.807) is 11.0 Å². The highest BCUT2D eigenvalue weighted by atomic mass is 35.5. The van der Waals surface area contributed by atoms with E-state index in [2.05, 4.69) is 5.32 Å². The number of hydrogen-bond donors (Lipinski definition) is 1. The lowest BCUT2D eigenvalue weighted by atomic mass is 10.2. The largest absolute Gasteiger partial charge is 0.326 e. The summed E-state index contributed by atoms with van der Waals surface area (Å²) in [6, 6.07) is 7.04. The molecule has 1 fully saturated rings. The number of carbonyl (C=O) groups is 2. The lowest BCUT2D eigenvalue weighted by molar-refractivity contribution is -0.119. The van der Waals surface area contributed by atoms with Crippen LogP contribution in [0.2, 0.25) is 5.02 Å². The van der Waals surface area contributed by atoms with Gasteiger partial charge in [-0.3, -0.25) is 9.59 Å². The minimum Gasteiger partial charge on any atom is -0.326 e. The Hall–Kier alpha value is -1.92. The van der Waals surface area contributed by atoms with Gasteiger partial charge in [-0.1, -0.05) is 17.7 Å². The number of hydrogen-bond acceptors (Lipinski definition) is 3. The molecule has 0 spiro atoms. The van der Waals surface area contributed by atoms with Gasteiger partial charge in [0, 0.05) is 12.2 Å². The Morgan fingerprint density at radius 2 is 2.17 bits per heavy atom. The lowest BCUT2D eigenvalue weighted by Gasteiger charge is -2.23. The molecule has 23 heavy (non-hydrogen) atoms. The molecule has 0 radical (unpaired) electrons. The molecule has 1 atom stereocenters. The predicted molar refractivity (Wildman–Crippen MR) is 88.4 cm³/mol. The summed E-state index contributed by atoms with van der Waals surface area (Å²) in [5.74, 6) is -0.954. The number of benzene rings is 1. The van der Waals surface area contributed by atoms with E-state index in [1.807, 2.05) is 11.4 Å². The van der Waals surface area contributed by atoms with Crippen LogP contribution in [-0.4, -0.2) is 29.3 Å². The molecular formula is C16H14ClFN2O2S. The Bertz CT molecular complexity index is 736. The standard InChI is InChI=1S/C16H14ClFN2O2S/c17-11-9-10(5-6-12(11)18)19-15(21)13-3-1-7-20(13)16(22)14-4-2-8-23-14/h2,4-6,8-9,13H,1,3,7H2,(H,19,21)/t13-/m0/s1. The molecule has 0 bridgehead atoms. The minimum atomic E-state index is -0.542. The molecular weight excluding hydrogens is 339 g/mol. The average molecular weight is 353 g/mol. The highest BCUT2D eigenvalue weighted by Gasteiger charge is 2.34. The number of likely N-dealkylation sites (tertiary alicyclic amines) is 1. The number of nitrogens with zero attached hydrogens (tertiary/aromatic N) is 1. The molecule has 0 unspecified atom stereocenters. The van der Waals surface area contributed by atoms with Gasteiger partial charge < -0.3 is 10.2 Å². The van der Waals surface area contributed by atoms with Crippen molar-refractivity contribution in [2.24, 2.45) is 0 Å². The highest BCUT2D eigenvalue weighted by molar-refractivity contribution is 7.12. The average Bonchev–Trinajstić information content (AvgIpc) is 3.21. The molecule has 1 aliphatic heterocycles. The van der Waals surface area contributed by atoms with Gasteiger partial charge in [0.1, 0.15) is 11.9 Å². The molecule has 2 amide bonds. The maximum Gasteiger partial charge on any atom is 0.264 e. The zero-order valence-corrected chi connectivity index (χ0v) is 13.7. The topological polar surface area (TPSA) is 49.4 Å². The molecule has 1 N–H and O–H groups in total. The quantitative estimate of drug-likeness (QED) is 0.913. The zero-order chi connectivity index (χ0) is 16.4. The van der Waals surface area contributed by atoms with Crippen molar-refractivity contribution in [3.8, 4) is 0 Å². The van der Waals surface area contributed by atoms with Crippen molar-refractivity contribution in [3.63, 3.8) is 0 Å². The first-order chi connectivity index (χ1) is 11.1. The first-order valence-corrected chi connectivity index (χ1v) is 8.42. The number of halogens is 2. The van der Waals surface area contributed by atoms with Crippen molar-refractivity contribution in [3.05, 3.63) is 51.4 Å². The fourth-order valence-corrected chi connectivity index (χ4v) is 3.48. The van der Waals surface area contributed by atoms with Gasteiger partial charge in [-0.2, -0.15) is 0 Å². The van der Waals surface area contributed by atoms with E-state index < -0.39 is 11.9 Å². The van der Waals surface area contributed by atoms with E-state index in [1.165, 1.54) is 29.5 Å². The van der Waals surface area contributed by atoms with Gasteiger partial charge in [-0.25, -0.2) is 4.39 Å². The first-order valence-electron chi connectivity index (χ1n) is 7.16. The summed E-state index contributed by atoms with van der Waals surface area (Å²) in [6.45, 7) is 0.555. The summed E-state index contributed by atoms with van der Waals surface area (Å²) >= 11 is 7.07. The smallest absolute Gasteiger partial charge is 0.264 e. The van der Waals surface area contributed by atoms with Crippen LogP contribution in [0.4, 0.5) is 10.1 Å². The Balaban J connectivity index is 1.73. The summed E-state index contributed by atoms with van der Waals surface area (Å²) < 4.78 is 13.2. The van der Waals surface area contributed by atoms with Crippen molar-refractivity contribution in [2.45, 2.75) is 18.9 Å².